The molecule has 0 amide bonds. The van der Waals surface area contributed by atoms with Crippen molar-refractivity contribution < 1.29 is 24.9 Å². The van der Waals surface area contributed by atoms with Crippen LogP contribution in [0.15, 0.2) is 0 Å². The van der Waals surface area contributed by atoms with E-state index in [1.54, 1.807) is 0 Å². The molecule has 5 nitrogen and oxygen atoms in total. The largest absolute Gasteiger partial charge is 0.393 e. The molecule has 1 aliphatic rings. The molecule has 1 heterocycles. The fourth-order valence-electron chi connectivity index (χ4n) is 1.55. The van der Waals surface area contributed by atoms with E-state index >= 15 is 0 Å². The summed E-state index contributed by atoms with van der Waals surface area (Å²) in [7, 11) is 0. The third-order valence-corrected chi connectivity index (χ3v) is 2.26. The molecule has 1 rings (SSSR count). The van der Waals surface area contributed by atoms with Crippen LogP contribution < -0.4 is 0 Å². The number of ether oxygens (including phenoxy) is 1. The lowest BCUT2D eigenvalue weighted by Gasteiger charge is -2.28. The molecule has 1 saturated heterocycles. The highest BCUT2D eigenvalue weighted by molar-refractivity contribution is 5.76. The summed E-state index contributed by atoms with van der Waals surface area (Å²) in [5, 5.41) is 27.7. The zero-order chi connectivity index (χ0) is 10.1. The van der Waals surface area contributed by atoms with Gasteiger partial charge in [0.15, 0.2) is 0 Å². The Labute approximate surface area is 75.9 Å². The lowest BCUT2D eigenvalue weighted by molar-refractivity contribution is -0.134. The molecule has 1 fully saturated rings. The summed E-state index contributed by atoms with van der Waals surface area (Å²) in [6, 6.07) is 0. The molecule has 0 radical (unpaired) electrons. The summed E-state index contributed by atoms with van der Waals surface area (Å²) in [5.41, 5.74) is -1.30. The van der Waals surface area contributed by atoms with Crippen LogP contribution in [0, 0.1) is 0 Å². The summed E-state index contributed by atoms with van der Waals surface area (Å²) < 4.78 is 5.05. The zero-order valence-electron chi connectivity index (χ0n) is 7.43. The molecular formula is C8H14O5. The molecule has 0 spiro atoms. The topological polar surface area (TPSA) is 87.0 Å². The van der Waals surface area contributed by atoms with Gasteiger partial charge in [0.2, 0.25) is 0 Å². The molecule has 76 valence electrons. The minimum Gasteiger partial charge on any atom is -0.393 e. The maximum atomic E-state index is 10.8. The predicted molar refractivity (Wildman–Crippen MR) is 43.1 cm³/mol. The summed E-state index contributed by atoms with van der Waals surface area (Å²) in [6.45, 7) is 0.831. The summed E-state index contributed by atoms with van der Waals surface area (Å²) in [4.78, 5) is 10.8. The molecule has 0 aromatic rings. The highest BCUT2D eigenvalue weighted by Crippen LogP contribution is 2.29. The quantitative estimate of drug-likeness (QED) is 0.501. The van der Waals surface area contributed by atoms with Gasteiger partial charge in [-0.05, 0) is 6.92 Å². The number of rotatable bonds is 3. The van der Waals surface area contributed by atoms with Gasteiger partial charge in [-0.3, -0.25) is 4.79 Å². The minimum absolute atomic E-state index is 0.0466. The molecule has 0 saturated carbocycles. The van der Waals surface area contributed by atoms with Crippen molar-refractivity contribution in [1.29, 1.82) is 0 Å². The van der Waals surface area contributed by atoms with E-state index in [4.69, 9.17) is 9.84 Å². The number of hydrogen-bond donors (Lipinski definition) is 3. The lowest BCUT2D eigenvalue weighted by atomic mass is 9.91. The number of aliphatic hydroxyl groups is 3. The maximum Gasteiger partial charge on any atom is 0.132 e. The van der Waals surface area contributed by atoms with E-state index in [0.717, 1.165) is 0 Å². The van der Waals surface area contributed by atoms with Crippen molar-refractivity contribution in [3.05, 3.63) is 0 Å². The van der Waals surface area contributed by atoms with Crippen LogP contribution in [0.5, 0.6) is 0 Å². The maximum absolute atomic E-state index is 10.8. The van der Waals surface area contributed by atoms with Crippen LogP contribution in [0.1, 0.15) is 13.3 Å². The van der Waals surface area contributed by atoms with Crippen molar-refractivity contribution in [2.45, 2.75) is 31.2 Å². The van der Waals surface area contributed by atoms with Crippen molar-refractivity contribution in [3.63, 3.8) is 0 Å². The van der Waals surface area contributed by atoms with Gasteiger partial charge in [-0.25, -0.2) is 0 Å². The third kappa shape index (κ3) is 1.88. The molecule has 0 bridgehead atoms. The van der Waals surface area contributed by atoms with E-state index in [0.29, 0.717) is 0 Å². The number of carbonyl (C=O) groups is 1. The van der Waals surface area contributed by atoms with Gasteiger partial charge in [0, 0.05) is 6.42 Å². The lowest BCUT2D eigenvalue weighted by Crippen LogP contribution is -2.47. The van der Waals surface area contributed by atoms with Crippen molar-refractivity contribution >= 4 is 5.78 Å². The van der Waals surface area contributed by atoms with Gasteiger partial charge in [-0.2, -0.15) is 0 Å². The van der Waals surface area contributed by atoms with E-state index < -0.39 is 24.4 Å². The molecule has 13 heavy (non-hydrogen) atoms. The monoisotopic (exact) mass is 190 g/mol. The number of aliphatic hydroxyl groups excluding tert-OH is 3. The molecule has 5 heteroatoms. The second-order valence-corrected chi connectivity index (χ2v) is 3.42. The van der Waals surface area contributed by atoms with Gasteiger partial charge >= 0.3 is 0 Å². The number of hydrogen-bond acceptors (Lipinski definition) is 5. The molecule has 0 unspecified atom stereocenters. The Bertz CT molecular complexity index is 205. The van der Waals surface area contributed by atoms with Crippen molar-refractivity contribution in [2.75, 3.05) is 13.2 Å². The van der Waals surface area contributed by atoms with E-state index in [1.807, 2.05) is 0 Å². The molecule has 0 aromatic heterocycles. The van der Waals surface area contributed by atoms with E-state index in [9.17, 15) is 15.0 Å². The average molecular weight is 190 g/mol. The summed E-state index contributed by atoms with van der Waals surface area (Å²) >= 11 is 0. The van der Waals surface area contributed by atoms with Crippen LogP contribution in [0.25, 0.3) is 0 Å². The highest BCUT2D eigenvalue weighted by atomic mass is 16.6. The van der Waals surface area contributed by atoms with Crippen molar-refractivity contribution in [3.8, 4) is 0 Å². The van der Waals surface area contributed by atoms with Gasteiger partial charge in [-0.15, -0.1) is 0 Å². The number of ketones is 1. The van der Waals surface area contributed by atoms with E-state index in [2.05, 4.69) is 0 Å². The Morgan fingerprint density at radius 3 is 2.54 bits per heavy atom. The van der Waals surface area contributed by atoms with Gasteiger partial charge < -0.3 is 20.1 Å². The smallest absolute Gasteiger partial charge is 0.132 e. The van der Waals surface area contributed by atoms with Crippen LogP contribution in [0.4, 0.5) is 0 Å². The minimum atomic E-state index is -1.30. The predicted octanol–water partition coefficient (Wildman–Crippen LogP) is -1.55. The molecule has 1 aliphatic heterocycles. The summed E-state index contributed by atoms with van der Waals surface area (Å²) in [6.07, 6.45) is -2.30. The van der Waals surface area contributed by atoms with Crippen molar-refractivity contribution in [1.82, 2.24) is 0 Å². The number of carbonyl (C=O) groups excluding carboxylic acids is 1. The zero-order valence-corrected chi connectivity index (χ0v) is 7.43. The Morgan fingerprint density at radius 2 is 2.23 bits per heavy atom. The second kappa shape index (κ2) is 3.71. The normalized spacial score (nSPS) is 39.4. The fraction of sp³-hybridized carbons (Fsp3) is 0.875. The molecule has 0 aromatic carbocycles. The second-order valence-electron chi connectivity index (χ2n) is 3.42. The van der Waals surface area contributed by atoms with Gasteiger partial charge in [-0.1, -0.05) is 0 Å². The molecule has 3 atom stereocenters. The first-order valence-corrected chi connectivity index (χ1v) is 4.12. The Morgan fingerprint density at radius 1 is 1.62 bits per heavy atom. The fourth-order valence-corrected chi connectivity index (χ4v) is 1.55. The Kier molecular flexibility index (Phi) is 3.02. The van der Waals surface area contributed by atoms with Crippen LogP contribution in [-0.2, 0) is 9.53 Å². The van der Waals surface area contributed by atoms with Gasteiger partial charge in [0.05, 0.1) is 13.2 Å². The first-order chi connectivity index (χ1) is 6.02. The van der Waals surface area contributed by atoms with Gasteiger partial charge in [0.25, 0.3) is 0 Å². The van der Waals surface area contributed by atoms with Crippen LogP contribution in [-0.4, -0.2) is 52.1 Å². The molecule has 0 aliphatic carbocycles. The first kappa shape index (κ1) is 10.6. The van der Waals surface area contributed by atoms with Gasteiger partial charge in [0.1, 0.15) is 23.6 Å². The summed E-state index contributed by atoms with van der Waals surface area (Å²) in [5.74, 6) is -0.192. The SMILES string of the molecule is CC(=O)C[C@@]1(CO)OC[C@@H](O)[C@@H]1O. The first-order valence-electron chi connectivity index (χ1n) is 4.12. The van der Waals surface area contributed by atoms with E-state index in [1.165, 1.54) is 6.92 Å². The van der Waals surface area contributed by atoms with Crippen LogP contribution in [0.3, 0.4) is 0 Å². The van der Waals surface area contributed by atoms with Crippen LogP contribution in [0.2, 0.25) is 0 Å². The standard InChI is InChI=1S/C8H14O5/c1-5(10)2-8(4-9)7(12)6(11)3-13-8/h6-7,9,11-12H,2-4H2,1H3/t6-,7+,8+/m1/s1. The van der Waals surface area contributed by atoms with Crippen LogP contribution >= 0.6 is 0 Å². The molecule has 3 N–H and O–H groups in total. The highest BCUT2D eigenvalue weighted by Gasteiger charge is 2.49. The Hall–Kier alpha value is -0.490. The van der Waals surface area contributed by atoms with Crippen molar-refractivity contribution in [2.24, 2.45) is 0 Å². The average Bonchev–Trinajstić information content (AvgIpc) is 2.33. The number of Topliss-reactive ketones (excluding diaryl/α,β-unsaturated/α-hetero) is 1. The van der Waals surface area contributed by atoms with E-state index in [-0.39, 0.29) is 18.8 Å². The third-order valence-electron chi connectivity index (χ3n) is 2.26. The Balaban J connectivity index is 2.75. The molecular weight excluding hydrogens is 176 g/mol.